The molecule has 0 radical (unpaired) electrons. The molecule has 1 aliphatic rings. The third-order valence-corrected chi connectivity index (χ3v) is 9.32. The second-order valence-corrected chi connectivity index (χ2v) is 17.1. The van der Waals surface area contributed by atoms with Gasteiger partial charge in [0.05, 0.1) is 5.60 Å². The van der Waals surface area contributed by atoms with Crippen LogP contribution in [0, 0.1) is 29.6 Å². The largest absolute Gasteiger partial charge is 0.390 e. The fraction of sp³-hybridized carbons (Fsp3) is 0.462. The van der Waals surface area contributed by atoms with Crippen LogP contribution >= 0.6 is 0 Å². The monoisotopic (exact) mass is 777 g/mol. The highest BCUT2D eigenvalue weighted by Crippen LogP contribution is 2.40. The molecule has 312 valence electrons. The summed E-state index contributed by atoms with van der Waals surface area (Å²) in [4.78, 5) is 22.7. The molecule has 0 bridgehead atoms. The summed E-state index contributed by atoms with van der Waals surface area (Å²) in [5, 5.41) is 15.0. The third-order valence-electron chi connectivity index (χ3n) is 9.32. The van der Waals surface area contributed by atoms with Crippen LogP contribution in [0.2, 0.25) is 0 Å². The van der Waals surface area contributed by atoms with E-state index in [-0.39, 0.29) is 23.7 Å². The Morgan fingerprint density at radius 2 is 1.07 bits per heavy atom. The van der Waals surface area contributed by atoms with Crippen LogP contribution in [0.5, 0.6) is 0 Å². The minimum absolute atomic E-state index is 0.0590. The van der Waals surface area contributed by atoms with E-state index in [1.54, 1.807) is 0 Å². The number of carbonyl (C=O) groups excluding carboxylic acids is 2. The van der Waals surface area contributed by atoms with E-state index >= 15 is 0 Å². The molecule has 1 aliphatic carbocycles. The van der Waals surface area contributed by atoms with Crippen molar-refractivity contribution in [3.8, 4) is 0 Å². The standard InChI is InChI=1S/C13H17NO.C12H16.C11H15NO.C10H14.C6H14O/c1-9(2)13(15)14-12-8-11(12)10-6-4-3-5-7-10;1-11(2)7-6-10-12-8-4-3-5-9-12;1-9(2)11(13)12-8-10-6-4-3-5-7-10;1-9(2)8-10-6-4-3-5-7-10;1-5(2)6(3,4)7/h3-7,9,11-12H,8H2,1-2H3,(H,14,15);3-9,11H,10H2,1-2H3;3-7,9H,8H2,1-2H3,(H,12,13);3-7,9H,8H2,1-2H3;5,7H,1-4H3/b;7-6+;;;/t11-,12+;;;;/m0..../s1. The Labute approximate surface area is 347 Å². The Hall–Kier alpha value is -4.48. The average Bonchev–Trinajstić information content (AvgIpc) is 3.94. The van der Waals surface area contributed by atoms with Crippen LogP contribution < -0.4 is 10.6 Å². The highest BCUT2D eigenvalue weighted by Gasteiger charge is 2.39. The summed E-state index contributed by atoms with van der Waals surface area (Å²) in [6.45, 7) is 24.8. The minimum atomic E-state index is -0.500. The Balaban J connectivity index is 0.000000364. The number of carbonyl (C=O) groups is 2. The van der Waals surface area contributed by atoms with Gasteiger partial charge in [0.1, 0.15) is 0 Å². The molecule has 5 rings (SSSR count). The number of hydrogen-bond acceptors (Lipinski definition) is 3. The van der Waals surface area contributed by atoms with Crippen molar-refractivity contribution in [2.75, 3.05) is 0 Å². The van der Waals surface area contributed by atoms with Gasteiger partial charge in [-0.25, -0.2) is 0 Å². The second-order valence-electron chi connectivity index (χ2n) is 17.1. The van der Waals surface area contributed by atoms with Gasteiger partial charge in [0, 0.05) is 30.3 Å². The first-order valence-electron chi connectivity index (χ1n) is 21.0. The molecule has 1 fully saturated rings. The lowest BCUT2D eigenvalue weighted by Gasteiger charge is -2.21. The quantitative estimate of drug-likeness (QED) is 0.125. The van der Waals surface area contributed by atoms with E-state index in [4.69, 9.17) is 5.11 Å². The zero-order valence-electron chi connectivity index (χ0n) is 37.3. The van der Waals surface area contributed by atoms with Gasteiger partial charge in [-0.1, -0.05) is 203 Å². The van der Waals surface area contributed by atoms with Gasteiger partial charge in [0.2, 0.25) is 11.8 Å². The molecule has 2 amide bonds. The molecule has 5 heteroatoms. The van der Waals surface area contributed by atoms with Crippen molar-refractivity contribution in [3.63, 3.8) is 0 Å². The fourth-order valence-corrected chi connectivity index (χ4v) is 4.94. The van der Waals surface area contributed by atoms with Crippen LogP contribution in [-0.2, 0) is 29.0 Å². The van der Waals surface area contributed by atoms with E-state index in [0.717, 1.165) is 24.3 Å². The highest BCUT2D eigenvalue weighted by molar-refractivity contribution is 5.78. The van der Waals surface area contributed by atoms with Crippen molar-refractivity contribution in [2.24, 2.45) is 29.6 Å². The van der Waals surface area contributed by atoms with Gasteiger partial charge in [-0.05, 0) is 73.1 Å². The van der Waals surface area contributed by atoms with Crippen molar-refractivity contribution < 1.29 is 14.7 Å². The van der Waals surface area contributed by atoms with Crippen molar-refractivity contribution in [1.82, 2.24) is 10.6 Å². The molecule has 0 unspecified atom stereocenters. The number of nitrogens with one attached hydrogen (secondary N) is 2. The van der Waals surface area contributed by atoms with Gasteiger partial charge < -0.3 is 15.7 Å². The maximum atomic E-state index is 11.5. The second kappa shape index (κ2) is 28.0. The molecular formula is C52H76N2O3. The minimum Gasteiger partial charge on any atom is -0.390 e. The average molecular weight is 777 g/mol. The number of amides is 2. The van der Waals surface area contributed by atoms with Crippen molar-refractivity contribution in [3.05, 3.63) is 156 Å². The Morgan fingerprint density at radius 1 is 0.649 bits per heavy atom. The molecule has 4 aromatic rings. The SMILES string of the molecule is CC(C)/C=C/Cc1ccccc1.CC(C)C(=O)NCc1ccccc1.CC(C)C(=O)N[C@@H]1C[C@H]1c1ccccc1.CC(C)C(C)(C)O.CC(C)Cc1ccccc1. The van der Waals surface area contributed by atoms with E-state index in [2.05, 4.69) is 135 Å². The van der Waals surface area contributed by atoms with Crippen LogP contribution in [-0.4, -0.2) is 28.6 Å². The Morgan fingerprint density at radius 3 is 1.47 bits per heavy atom. The predicted octanol–water partition coefficient (Wildman–Crippen LogP) is 12.0. The van der Waals surface area contributed by atoms with Crippen molar-refractivity contribution in [2.45, 2.75) is 126 Å². The lowest BCUT2D eigenvalue weighted by molar-refractivity contribution is -0.124. The summed E-state index contributed by atoms with van der Waals surface area (Å²) < 4.78 is 0. The van der Waals surface area contributed by atoms with Crippen LogP contribution in [0.25, 0.3) is 0 Å². The van der Waals surface area contributed by atoms with Crippen LogP contribution in [0.3, 0.4) is 0 Å². The van der Waals surface area contributed by atoms with Gasteiger partial charge in [-0.15, -0.1) is 0 Å². The van der Waals surface area contributed by atoms with E-state index in [9.17, 15) is 9.59 Å². The fourth-order valence-electron chi connectivity index (χ4n) is 4.94. The number of rotatable bonds is 12. The maximum absolute atomic E-state index is 11.5. The zero-order chi connectivity index (χ0) is 42.8. The summed E-state index contributed by atoms with van der Waals surface area (Å²) in [7, 11) is 0. The van der Waals surface area contributed by atoms with Crippen LogP contribution in [0.1, 0.15) is 118 Å². The summed E-state index contributed by atoms with van der Waals surface area (Å²) in [6.07, 6.45) is 7.81. The van der Waals surface area contributed by atoms with Crippen molar-refractivity contribution in [1.29, 1.82) is 0 Å². The summed E-state index contributed by atoms with van der Waals surface area (Å²) in [6, 6.07) is 41.8. The van der Waals surface area contributed by atoms with Gasteiger partial charge >= 0.3 is 0 Å². The number of benzene rings is 4. The van der Waals surface area contributed by atoms with Gasteiger partial charge in [-0.2, -0.15) is 0 Å². The lowest BCUT2D eigenvalue weighted by Crippen LogP contribution is -2.30. The predicted molar refractivity (Wildman–Crippen MR) is 244 cm³/mol. The van der Waals surface area contributed by atoms with Crippen LogP contribution in [0.15, 0.2) is 133 Å². The zero-order valence-corrected chi connectivity index (χ0v) is 37.3. The topological polar surface area (TPSA) is 78.4 Å². The molecule has 4 aromatic carbocycles. The molecular weight excluding hydrogens is 701 g/mol. The van der Waals surface area contributed by atoms with Crippen LogP contribution in [0.4, 0.5) is 0 Å². The Kier molecular flexibility index (Phi) is 24.8. The Bertz CT molecular complexity index is 1620. The molecule has 0 aliphatic heterocycles. The maximum Gasteiger partial charge on any atom is 0.222 e. The molecule has 0 aromatic heterocycles. The molecule has 5 nitrogen and oxygen atoms in total. The van der Waals surface area contributed by atoms with Gasteiger partial charge in [-0.3, -0.25) is 9.59 Å². The lowest BCUT2D eigenvalue weighted by atomic mass is 9.95. The highest BCUT2D eigenvalue weighted by atomic mass is 16.3. The van der Waals surface area contributed by atoms with E-state index < -0.39 is 5.60 Å². The number of hydrogen-bond donors (Lipinski definition) is 3. The van der Waals surface area contributed by atoms with Gasteiger partial charge in [0.15, 0.2) is 0 Å². The molecule has 57 heavy (non-hydrogen) atoms. The smallest absolute Gasteiger partial charge is 0.222 e. The molecule has 2 atom stereocenters. The first-order valence-corrected chi connectivity index (χ1v) is 21.0. The first kappa shape index (κ1) is 50.5. The summed E-state index contributed by atoms with van der Waals surface area (Å²) in [5.41, 5.74) is 4.80. The number of aliphatic hydroxyl groups is 1. The molecule has 0 saturated heterocycles. The van der Waals surface area contributed by atoms with E-state index in [0.29, 0.717) is 30.3 Å². The van der Waals surface area contributed by atoms with Crippen molar-refractivity contribution >= 4 is 11.8 Å². The summed E-state index contributed by atoms with van der Waals surface area (Å²) >= 11 is 0. The first-order chi connectivity index (χ1) is 26.9. The van der Waals surface area contributed by atoms with E-state index in [1.165, 1.54) is 23.1 Å². The normalized spacial score (nSPS) is 14.4. The van der Waals surface area contributed by atoms with E-state index in [1.807, 2.05) is 91.8 Å². The number of allylic oxidation sites excluding steroid dienone is 2. The van der Waals surface area contributed by atoms with Gasteiger partial charge in [0.25, 0.3) is 0 Å². The molecule has 1 saturated carbocycles. The third kappa shape index (κ3) is 25.4. The molecule has 0 spiro atoms. The molecule has 3 N–H and O–H groups in total. The molecule has 0 heterocycles. The summed E-state index contributed by atoms with van der Waals surface area (Å²) in [5.74, 6) is 2.73.